The normalized spacial score (nSPS) is 11.9. The lowest BCUT2D eigenvalue weighted by Crippen LogP contribution is -1.94. The number of hydrogen-bond donors (Lipinski definition) is 0. The van der Waals surface area contributed by atoms with Crippen molar-refractivity contribution in [3.05, 3.63) is 16.6 Å². The second kappa shape index (κ2) is 2.62. The molecule has 1 heterocycles. The van der Waals surface area contributed by atoms with Crippen LogP contribution in [0.15, 0.2) is 11.7 Å². The van der Waals surface area contributed by atoms with E-state index in [2.05, 4.69) is 4.98 Å². The third-order valence-corrected chi connectivity index (χ3v) is 2.55. The molecule has 0 aliphatic carbocycles. The second-order valence-corrected chi connectivity index (χ2v) is 4.53. The number of alkyl halides is 3. The minimum absolute atomic E-state index is 0.646. The average Bonchev–Trinajstić information content (AvgIpc) is 2.08. The lowest BCUT2D eigenvalue weighted by molar-refractivity contribution is 1.27. The zero-order valence-electron chi connectivity index (χ0n) is 4.14. The van der Waals surface area contributed by atoms with Gasteiger partial charge in [-0.2, -0.15) is 0 Å². The van der Waals surface area contributed by atoms with Gasteiger partial charge in [0.2, 0.25) is 3.79 Å². The Bertz CT molecular complexity index is 178. The lowest BCUT2D eigenvalue weighted by atomic mass is 10.6. The van der Waals surface area contributed by atoms with Crippen LogP contribution in [0.1, 0.15) is 4.88 Å². The number of aromatic nitrogens is 1. The minimum Gasteiger partial charge on any atom is -0.253 e. The van der Waals surface area contributed by atoms with E-state index in [9.17, 15) is 0 Å². The SMILES string of the molecule is ClC(Cl)(Cl)c1cncs1. The van der Waals surface area contributed by atoms with Crippen LogP contribution in [0.3, 0.4) is 0 Å². The van der Waals surface area contributed by atoms with E-state index in [0.717, 1.165) is 0 Å². The molecule has 0 amide bonds. The summed E-state index contributed by atoms with van der Waals surface area (Å²) in [6.07, 6.45) is 1.54. The van der Waals surface area contributed by atoms with Crippen molar-refractivity contribution in [2.75, 3.05) is 0 Å². The van der Waals surface area contributed by atoms with E-state index < -0.39 is 3.79 Å². The van der Waals surface area contributed by atoms with Gasteiger partial charge in [-0.05, 0) is 0 Å². The van der Waals surface area contributed by atoms with Crippen LogP contribution in [0.5, 0.6) is 0 Å². The maximum absolute atomic E-state index is 5.50. The summed E-state index contributed by atoms with van der Waals surface area (Å²) in [6, 6.07) is 0. The van der Waals surface area contributed by atoms with Crippen molar-refractivity contribution in [3.8, 4) is 0 Å². The molecule has 0 saturated carbocycles. The van der Waals surface area contributed by atoms with Crippen LogP contribution in [0.2, 0.25) is 0 Å². The van der Waals surface area contributed by atoms with E-state index in [0.29, 0.717) is 4.88 Å². The molecule has 1 rings (SSSR count). The van der Waals surface area contributed by atoms with Crippen molar-refractivity contribution >= 4 is 46.1 Å². The molecule has 0 bridgehead atoms. The first kappa shape index (κ1) is 7.61. The van der Waals surface area contributed by atoms with Gasteiger partial charge in [0.05, 0.1) is 10.4 Å². The molecule has 9 heavy (non-hydrogen) atoms. The Balaban J connectivity index is 2.90. The van der Waals surface area contributed by atoms with Gasteiger partial charge in [0.15, 0.2) is 0 Å². The van der Waals surface area contributed by atoms with E-state index in [-0.39, 0.29) is 0 Å². The van der Waals surface area contributed by atoms with Crippen molar-refractivity contribution < 1.29 is 0 Å². The Morgan fingerprint density at radius 3 is 2.33 bits per heavy atom. The Hall–Kier alpha value is 0.500. The molecular weight excluding hydrogens is 200 g/mol. The first-order valence-corrected chi connectivity index (χ1v) is 4.08. The molecule has 0 saturated heterocycles. The highest BCUT2D eigenvalue weighted by atomic mass is 35.6. The highest BCUT2D eigenvalue weighted by Crippen LogP contribution is 2.39. The minimum atomic E-state index is -1.30. The highest BCUT2D eigenvalue weighted by molar-refractivity contribution is 7.11. The van der Waals surface area contributed by atoms with Crippen molar-refractivity contribution in [2.24, 2.45) is 0 Å². The quantitative estimate of drug-likeness (QED) is 0.590. The van der Waals surface area contributed by atoms with E-state index in [1.165, 1.54) is 17.5 Å². The van der Waals surface area contributed by atoms with Crippen LogP contribution in [-0.4, -0.2) is 4.98 Å². The molecule has 0 aromatic carbocycles. The summed E-state index contributed by atoms with van der Waals surface area (Å²) in [7, 11) is 0. The van der Waals surface area contributed by atoms with Gasteiger partial charge in [-0.1, -0.05) is 34.8 Å². The zero-order valence-corrected chi connectivity index (χ0v) is 7.23. The molecule has 1 aromatic rings. The van der Waals surface area contributed by atoms with E-state index in [1.54, 1.807) is 5.51 Å². The second-order valence-electron chi connectivity index (χ2n) is 1.36. The molecule has 1 aromatic heterocycles. The molecule has 0 atom stereocenters. The first-order chi connectivity index (χ1) is 4.11. The molecule has 0 fully saturated rings. The van der Waals surface area contributed by atoms with Crippen LogP contribution in [-0.2, 0) is 3.79 Å². The van der Waals surface area contributed by atoms with Gasteiger partial charge in [-0.3, -0.25) is 4.98 Å². The van der Waals surface area contributed by atoms with Gasteiger partial charge in [0, 0.05) is 6.20 Å². The largest absolute Gasteiger partial charge is 0.253 e. The van der Waals surface area contributed by atoms with Crippen LogP contribution < -0.4 is 0 Å². The third kappa shape index (κ3) is 1.97. The smallest absolute Gasteiger partial charge is 0.226 e. The maximum Gasteiger partial charge on any atom is 0.226 e. The molecule has 0 unspecified atom stereocenters. The van der Waals surface area contributed by atoms with E-state index >= 15 is 0 Å². The average molecular weight is 202 g/mol. The fraction of sp³-hybridized carbons (Fsp3) is 0.250. The topological polar surface area (TPSA) is 12.9 Å². The Labute approximate surface area is 71.6 Å². The van der Waals surface area contributed by atoms with Crippen molar-refractivity contribution in [3.63, 3.8) is 0 Å². The summed E-state index contributed by atoms with van der Waals surface area (Å²) in [4.78, 5) is 4.40. The van der Waals surface area contributed by atoms with Gasteiger partial charge in [-0.25, -0.2) is 0 Å². The molecular formula is C4H2Cl3NS. The molecule has 50 valence electrons. The van der Waals surface area contributed by atoms with Gasteiger partial charge < -0.3 is 0 Å². The predicted octanol–water partition coefficient (Wildman–Crippen LogP) is 2.97. The van der Waals surface area contributed by atoms with Gasteiger partial charge >= 0.3 is 0 Å². The maximum atomic E-state index is 5.50. The number of nitrogens with zero attached hydrogens (tertiary/aromatic N) is 1. The van der Waals surface area contributed by atoms with Gasteiger partial charge in [0.25, 0.3) is 0 Å². The summed E-state index contributed by atoms with van der Waals surface area (Å²) in [6.45, 7) is 0. The summed E-state index contributed by atoms with van der Waals surface area (Å²) in [5.41, 5.74) is 1.62. The van der Waals surface area contributed by atoms with Crippen molar-refractivity contribution in [1.29, 1.82) is 0 Å². The molecule has 0 spiro atoms. The monoisotopic (exact) mass is 201 g/mol. The van der Waals surface area contributed by atoms with E-state index in [1.807, 2.05) is 0 Å². The van der Waals surface area contributed by atoms with Crippen LogP contribution in [0.25, 0.3) is 0 Å². The van der Waals surface area contributed by atoms with Crippen LogP contribution in [0, 0.1) is 0 Å². The summed E-state index contributed by atoms with van der Waals surface area (Å²) in [5.74, 6) is 0. The molecule has 0 aliphatic rings. The Kier molecular flexibility index (Phi) is 2.22. The van der Waals surface area contributed by atoms with Crippen LogP contribution >= 0.6 is 46.1 Å². The van der Waals surface area contributed by atoms with Gasteiger partial charge in [0.1, 0.15) is 0 Å². The molecule has 5 heteroatoms. The summed E-state index contributed by atoms with van der Waals surface area (Å²) >= 11 is 17.8. The number of rotatable bonds is 0. The predicted molar refractivity (Wildman–Crippen MR) is 41.4 cm³/mol. The van der Waals surface area contributed by atoms with Crippen molar-refractivity contribution in [2.45, 2.75) is 3.79 Å². The zero-order chi connectivity index (χ0) is 6.91. The Morgan fingerprint density at radius 2 is 2.11 bits per heavy atom. The van der Waals surface area contributed by atoms with Crippen molar-refractivity contribution in [1.82, 2.24) is 4.98 Å². The lowest BCUT2D eigenvalue weighted by Gasteiger charge is -2.04. The van der Waals surface area contributed by atoms with E-state index in [4.69, 9.17) is 34.8 Å². The summed E-state index contributed by atoms with van der Waals surface area (Å²) < 4.78 is -1.30. The number of halogens is 3. The summed E-state index contributed by atoms with van der Waals surface area (Å²) in [5, 5.41) is 0. The fourth-order valence-corrected chi connectivity index (χ4v) is 1.39. The first-order valence-electron chi connectivity index (χ1n) is 2.06. The fourth-order valence-electron chi connectivity index (χ4n) is 0.356. The molecule has 1 nitrogen and oxygen atoms in total. The number of hydrogen-bond acceptors (Lipinski definition) is 2. The highest BCUT2D eigenvalue weighted by Gasteiger charge is 2.23. The molecule has 0 aliphatic heterocycles. The standard InChI is InChI=1S/C4H2Cl3NS/c5-4(6,7)3-1-8-2-9-3/h1-2H. The molecule has 0 radical (unpaired) electrons. The van der Waals surface area contributed by atoms with Gasteiger partial charge in [-0.15, -0.1) is 11.3 Å². The molecule has 0 N–H and O–H groups in total. The third-order valence-electron chi connectivity index (χ3n) is 0.712. The Morgan fingerprint density at radius 1 is 1.44 bits per heavy atom. The number of thiazole rings is 1. The van der Waals surface area contributed by atoms with Crippen LogP contribution in [0.4, 0.5) is 0 Å².